The summed E-state index contributed by atoms with van der Waals surface area (Å²) in [6.45, 7) is -0.195. The van der Waals surface area contributed by atoms with Crippen LogP contribution in [0.3, 0.4) is 0 Å². The van der Waals surface area contributed by atoms with Crippen molar-refractivity contribution >= 4 is 26.0 Å². The Morgan fingerprint density at radius 3 is 2.52 bits per heavy atom. The summed E-state index contributed by atoms with van der Waals surface area (Å²) in [6.07, 6.45) is 4.65. The number of sulfonamides is 1. The fourth-order valence-electron chi connectivity index (χ4n) is 2.74. The van der Waals surface area contributed by atoms with E-state index < -0.39 is 15.8 Å². The molecule has 7 heteroatoms. The smallest absolute Gasteiger partial charge is 0.243 e. The summed E-state index contributed by atoms with van der Waals surface area (Å²) in [5.41, 5.74) is 0. The van der Waals surface area contributed by atoms with Crippen LogP contribution in [0.25, 0.3) is 0 Å². The quantitative estimate of drug-likeness (QED) is 0.855. The number of hydrogen-bond donors (Lipinski definition) is 1. The van der Waals surface area contributed by atoms with E-state index >= 15 is 0 Å². The van der Waals surface area contributed by atoms with Gasteiger partial charge in [-0.3, -0.25) is 0 Å². The van der Waals surface area contributed by atoms with E-state index in [4.69, 9.17) is 0 Å². The summed E-state index contributed by atoms with van der Waals surface area (Å²) in [6, 6.07) is 3.69. The van der Waals surface area contributed by atoms with Crippen molar-refractivity contribution < 1.29 is 17.9 Å². The van der Waals surface area contributed by atoms with Crippen LogP contribution in [0.4, 0.5) is 4.39 Å². The van der Waals surface area contributed by atoms with E-state index in [1.807, 2.05) is 0 Å². The molecule has 0 heterocycles. The van der Waals surface area contributed by atoms with Crippen LogP contribution in [0.1, 0.15) is 32.1 Å². The van der Waals surface area contributed by atoms with Gasteiger partial charge in [-0.15, -0.1) is 0 Å². The monoisotopic (exact) mass is 379 g/mol. The fraction of sp³-hybridized carbons (Fsp3) is 0.571. The Bertz CT molecular complexity index is 588. The zero-order chi connectivity index (χ0) is 15.5. The number of benzene rings is 1. The molecule has 1 fully saturated rings. The summed E-state index contributed by atoms with van der Waals surface area (Å²) in [4.78, 5) is -0.0674. The first-order valence-electron chi connectivity index (χ1n) is 7.04. The number of halogens is 2. The molecule has 0 aliphatic heterocycles. The highest BCUT2D eigenvalue weighted by molar-refractivity contribution is 9.10. The Balaban J connectivity index is 2.34. The van der Waals surface area contributed by atoms with Crippen LogP contribution in [-0.2, 0) is 10.0 Å². The first-order valence-corrected chi connectivity index (χ1v) is 9.28. The third kappa shape index (κ3) is 3.83. The van der Waals surface area contributed by atoms with Crippen molar-refractivity contribution in [1.82, 2.24) is 4.31 Å². The first kappa shape index (κ1) is 16.9. The number of hydrogen-bond acceptors (Lipinski definition) is 3. The number of aliphatic hydroxyl groups is 1. The molecule has 1 saturated carbocycles. The van der Waals surface area contributed by atoms with Crippen LogP contribution in [0.5, 0.6) is 0 Å². The van der Waals surface area contributed by atoms with Crippen LogP contribution in [0, 0.1) is 5.82 Å². The Morgan fingerprint density at radius 1 is 1.29 bits per heavy atom. The topological polar surface area (TPSA) is 57.6 Å². The Hall–Kier alpha value is -0.500. The molecule has 0 aromatic heterocycles. The van der Waals surface area contributed by atoms with Gasteiger partial charge in [0.15, 0.2) is 0 Å². The van der Waals surface area contributed by atoms with Crippen molar-refractivity contribution in [3.8, 4) is 0 Å². The second kappa shape index (κ2) is 7.17. The highest BCUT2D eigenvalue weighted by atomic mass is 79.9. The van der Waals surface area contributed by atoms with Gasteiger partial charge in [0.2, 0.25) is 10.0 Å². The van der Waals surface area contributed by atoms with E-state index in [0.29, 0.717) is 0 Å². The highest BCUT2D eigenvalue weighted by Gasteiger charge is 2.32. The molecule has 2 rings (SSSR count). The summed E-state index contributed by atoms with van der Waals surface area (Å²) >= 11 is 3.02. The molecule has 0 bridgehead atoms. The lowest BCUT2D eigenvalue weighted by molar-refractivity contribution is 0.199. The van der Waals surface area contributed by atoms with Crippen molar-refractivity contribution in [3.63, 3.8) is 0 Å². The van der Waals surface area contributed by atoms with Gasteiger partial charge in [0.1, 0.15) is 5.82 Å². The predicted molar refractivity (Wildman–Crippen MR) is 82.0 cm³/mol. The predicted octanol–water partition coefficient (Wildman–Crippen LogP) is 2.90. The third-order valence-corrected chi connectivity index (χ3v) is 6.39. The maximum Gasteiger partial charge on any atom is 0.243 e. The van der Waals surface area contributed by atoms with Crippen LogP contribution in [0.15, 0.2) is 27.6 Å². The van der Waals surface area contributed by atoms with Gasteiger partial charge in [0.25, 0.3) is 0 Å². The van der Waals surface area contributed by atoms with Gasteiger partial charge in [-0.05, 0) is 47.0 Å². The molecule has 1 aliphatic carbocycles. The number of nitrogens with zero attached hydrogens (tertiary/aromatic N) is 1. The standard InChI is InChI=1S/C14H19BrFNO3S/c15-13-7-6-12(10-14(13)16)21(19,20)17(8-9-18)11-4-2-1-3-5-11/h6-7,10-11,18H,1-5,8-9H2. The second-order valence-corrected chi connectivity index (χ2v) is 7.95. The molecular formula is C14H19BrFNO3S. The Morgan fingerprint density at radius 2 is 1.95 bits per heavy atom. The van der Waals surface area contributed by atoms with E-state index in [1.54, 1.807) is 0 Å². The van der Waals surface area contributed by atoms with E-state index in [-0.39, 0.29) is 28.6 Å². The molecule has 21 heavy (non-hydrogen) atoms. The maximum absolute atomic E-state index is 13.6. The zero-order valence-electron chi connectivity index (χ0n) is 11.6. The highest BCUT2D eigenvalue weighted by Crippen LogP contribution is 2.28. The van der Waals surface area contributed by atoms with Gasteiger partial charge in [-0.2, -0.15) is 4.31 Å². The Kier molecular flexibility index (Phi) is 5.76. The van der Waals surface area contributed by atoms with Gasteiger partial charge >= 0.3 is 0 Å². The summed E-state index contributed by atoms with van der Waals surface area (Å²) < 4.78 is 40.6. The minimum Gasteiger partial charge on any atom is -0.395 e. The summed E-state index contributed by atoms with van der Waals surface area (Å²) in [5, 5.41) is 9.19. The molecule has 0 atom stereocenters. The van der Waals surface area contributed by atoms with Crippen molar-refractivity contribution in [2.75, 3.05) is 13.2 Å². The molecule has 0 unspecified atom stereocenters. The van der Waals surface area contributed by atoms with Crippen molar-refractivity contribution in [1.29, 1.82) is 0 Å². The van der Waals surface area contributed by atoms with Crippen molar-refractivity contribution in [2.45, 2.75) is 43.0 Å². The molecule has 0 saturated heterocycles. The lowest BCUT2D eigenvalue weighted by Gasteiger charge is -2.33. The third-order valence-electron chi connectivity index (χ3n) is 3.80. The van der Waals surface area contributed by atoms with Crippen molar-refractivity contribution in [2.24, 2.45) is 0 Å². The lowest BCUT2D eigenvalue weighted by atomic mass is 9.95. The largest absolute Gasteiger partial charge is 0.395 e. The zero-order valence-corrected chi connectivity index (χ0v) is 14.0. The van der Waals surface area contributed by atoms with Gasteiger partial charge in [0.05, 0.1) is 16.0 Å². The minimum absolute atomic E-state index is 0.0463. The fourth-order valence-corrected chi connectivity index (χ4v) is 4.67. The van der Waals surface area contributed by atoms with E-state index in [2.05, 4.69) is 15.9 Å². The molecule has 0 amide bonds. The van der Waals surface area contributed by atoms with Gasteiger partial charge in [-0.1, -0.05) is 19.3 Å². The van der Waals surface area contributed by atoms with Gasteiger partial charge in [-0.25, -0.2) is 12.8 Å². The minimum atomic E-state index is -3.79. The molecule has 4 nitrogen and oxygen atoms in total. The number of rotatable bonds is 5. The van der Waals surface area contributed by atoms with Gasteiger partial charge in [0, 0.05) is 12.6 Å². The molecule has 1 N–H and O–H groups in total. The average Bonchev–Trinajstić information content (AvgIpc) is 2.48. The van der Waals surface area contributed by atoms with E-state index in [9.17, 15) is 17.9 Å². The molecule has 0 radical (unpaired) electrons. The molecule has 1 aromatic carbocycles. The van der Waals surface area contributed by atoms with E-state index in [0.717, 1.165) is 38.2 Å². The summed E-state index contributed by atoms with van der Waals surface area (Å²) in [7, 11) is -3.79. The normalized spacial score (nSPS) is 17.3. The lowest BCUT2D eigenvalue weighted by Crippen LogP contribution is -2.43. The maximum atomic E-state index is 13.6. The summed E-state index contributed by atoms with van der Waals surface area (Å²) in [5.74, 6) is -0.608. The van der Waals surface area contributed by atoms with Crippen molar-refractivity contribution in [3.05, 3.63) is 28.5 Å². The molecule has 0 spiro atoms. The second-order valence-electron chi connectivity index (χ2n) is 5.21. The van der Waals surface area contributed by atoms with Crippen LogP contribution in [-0.4, -0.2) is 37.0 Å². The molecular weight excluding hydrogens is 361 g/mol. The number of aliphatic hydroxyl groups excluding tert-OH is 1. The van der Waals surface area contributed by atoms with Crippen LogP contribution >= 0.6 is 15.9 Å². The Labute approximate surface area is 133 Å². The SMILES string of the molecule is O=S(=O)(c1ccc(Br)c(F)c1)N(CCO)C1CCCCC1. The van der Waals surface area contributed by atoms with E-state index in [1.165, 1.54) is 16.4 Å². The average molecular weight is 380 g/mol. The van der Waals surface area contributed by atoms with Crippen LogP contribution < -0.4 is 0 Å². The molecule has 1 aromatic rings. The van der Waals surface area contributed by atoms with Crippen LogP contribution in [0.2, 0.25) is 0 Å². The molecule has 118 valence electrons. The van der Waals surface area contributed by atoms with Gasteiger partial charge < -0.3 is 5.11 Å². The first-order chi connectivity index (χ1) is 9.96. The molecule has 1 aliphatic rings.